The molecule has 4 heteroatoms. The fourth-order valence-corrected chi connectivity index (χ4v) is 1.39. The number of rotatable bonds is 3. The summed E-state index contributed by atoms with van der Waals surface area (Å²) in [4.78, 5) is 0. The average molecular weight is 202 g/mol. The number of nitrogens with zero attached hydrogens (tertiary/aromatic N) is 4. The summed E-state index contributed by atoms with van der Waals surface area (Å²) in [5.41, 5.74) is 2.01. The fourth-order valence-electron chi connectivity index (χ4n) is 1.39. The van der Waals surface area contributed by atoms with Crippen LogP contribution < -0.4 is 0 Å². The van der Waals surface area contributed by atoms with Crippen molar-refractivity contribution in [2.24, 2.45) is 0 Å². The summed E-state index contributed by atoms with van der Waals surface area (Å²) in [7, 11) is 0. The van der Waals surface area contributed by atoms with Gasteiger partial charge < -0.3 is 0 Å². The molecule has 2 aromatic rings. The summed E-state index contributed by atoms with van der Waals surface area (Å²) in [6.45, 7) is 4.06. The molecular formula is C11H14N4. The lowest BCUT2D eigenvalue weighted by molar-refractivity contribution is 0.770. The number of aromatic nitrogens is 4. The van der Waals surface area contributed by atoms with Gasteiger partial charge in [-0.25, -0.2) is 4.68 Å². The molecule has 0 aliphatic carbocycles. The van der Waals surface area contributed by atoms with Gasteiger partial charge in [0.25, 0.3) is 0 Å². The van der Waals surface area contributed by atoms with Crippen molar-refractivity contribution in [2.45, 2.75) is 26.7 Å². The second-order valence-corrected chi connectivity index (χ2v) is 3.53. The molecule has 78 valence electrons. The molecule has 4 nitrogen and oxygen atoms in total. The lowest BCUT2D eigenvalue weighted by atomic mass is 10.3. The van der Waals surface area contributed by atoms with Crippen LogP contribution in [0, 0.1) is 6.92 Å². The summed E-state index contributed by atoms with van der Waals surface area (Å²) in [6, 6.07) is 5.87. The molecule has 2 aromatic heterocycles. The van der Waals surface area contributed by atoms with Crippen LogP contribution in [0.2, 0.25) is 0 Å². The Hall–Kier alpha value is -1.71. The van der Waals surface area contributed by atoms with Crippen LogP contribution in [0.25, 0.3) is 5.82 Å². The number of aryl methyl sites for hydroxylation is 2. The van der Waals surface area contributed by atoms with E-state index in [1.807, 2.05) is 31.3 Å². The van der Waals surface area contributed by atoms with Gasteiger partial charge in [-0.15, -0.1) is 5.10 Å². The normalized spacial score (nSPS) is 10.5. The van der Waals surface area contributed by atoms with Gasteiger partial charge in [0.1, 0.15) is 0 Å². The monoisotopic (exact) mass is 202 g/mol. The van der Waals surface area contributed by atoms with Crippen LogP contribution in [0.3, 0.4) is 0 Å². The largest absolute Gasteiger partial charge is 0.221 e. The van der Waals surface area contributed by atoms with Crippen molar-refractivity contribution in [3.8, 4) is 5.82 Å². The molecule has 0 unspecified atom stereocenters. The van der Waals surface area contributed by atoms with Crippen LogP contribution in [-0.2, 0) is 6.42 Å². The van der Waals surface area contributed by atoms with Gasteiger partial charge in [-0.2, -0.15) is 10.2 Å². The molecule has 15 heavy (non-hydrogen) atoms. The van der Waals surface area contributed by atoms with E-state index in [0.717, 1.165) is 30.0 Å². The van der Waals surface area contributed by atoms with Crippen molar-refractivity contribution >= 4 is 0 Å². The highest BCUT2D eigenvalue weighted by atomic mass is 15.3. The van der Waals surface area contributed by atoms with E-state index < -0.39 is 0 Å². The number of hydrogen-bond donors (Lipinski definition) is 0. The standard InChI is InChI=1S/C11H14N4/c1-3-4-10-7-8-15(14-10)11-6-5-9(2)12-13-11/h5-8H,3-4H2,1-2H3. The van der Waals surface area contributed by atoms with Gasteiger partial charge in [0.2, 0.25) is 0 Å². The van der Waals surface area contributed by atoms with E-state index in [4.69, 9.17) is 0 Å². The van der Waals surface area contributed by atoms with Crippen molar-refractivity contribution in [1.29, 1.82) is 0 Å². The van der Waals surface area contributed by atoms with E-state index in [2.05, 4.69) is 22.2 Å². The van der Waals surface area contributed by atoms with Crippen molar-refractivity contribution in [2.75, 3.05) is 0 Å². The van der Waals surface area contributed by atoms with Crippen LogP contribution in [0.1, 0.15) is 24.7 Å². The van der Waals surface area contributed by atoms with Crippen LogP contribution in [-0.4, -0.2) is 20.0 Å². The highest BCUT2D eigenvalue weighted by Crippen LogP contribution is 2.05. The lowest BCUT2D eigenvalue weighted by Crippen LogP contribution is -2.01. The van der Waals surface area contributed by atoms with Gasteiger partial charge in [-0.05, 0) is 31.5 Å². The number of hydrogen-bond acceptors (Lipinski definition) is 3. The van der Waals surface area contributed by atoms with Crippen molar-refractivity contribution in [3.05, 3.63) is 35.8 Å². The van der Waals surface area contributed by atoms with Crippen molar-refractivity contribution in [1.82, 2.24) is 20.0 Å². The molecule has 0 aliphatic heterocycles. The minimum absolute atomic E-state index is 0.767. The van der Waals surface area contributed by atoms with E-state index in [-0.39, 0.29) is 0 Å². The molecule has 0 aromatic carbocycles. The molecule has 0 atom stereocenters. The fraction of sp³-hybridized carbons (Fsp3) is 0.364. The second kappa shape index (κ2) is 4.21. The van der Waals surface area contributed by atoms with E-state index >= 15 is 0 Å². The molecule has 0 N–H and O–H groups in total. The Balaban J connectivity index is 2.25. The molecule has 2 rings (SSSR count). The predicted octanol–water partition coefficient (Wildman–Crippen LogP) is 1.92. The van der Waals surface area contributed by atoms with Gasteiger partial charge in [0.05, 0.1) is 11.4 Å². The minimum Gasteiger partial charge on any atom is -0.221 e. The molecule has 0 saturated carbocycles. The zero-order valence-electron chi connectivity index (χ0n) is 9.01. The summed E-state index contributed by atoms with van der Waals surface area (Å²) >= 11 is 0. The van der Waals surface area contributed by atoms with E-state index in [9.17, 15) is 0 Å². The molecule has 0 aliphatic rings. The van der Waals surface area contributed by atoms with Crippen molar-refractivity contribution < 1.29 is 0 Å². The third-order valence-electron chi connectivity index (χ3n) is 2.17. The predicted molar refractivity (Wildman–Crippen MR) is 57.9 cm³/mol. The van der Waals surface area contributed by atoms with Gasteiger partial charge in [-0.3, -0.25) is 0 Å². The van der Waals surface area contributed by atoms with Gasteiger partial charge in [0, 0.05) is 6.20 Å². The molecule has 0 saturated heterocycles. The highest BCUT2D eigenvalue weighted by Gasteiger charge is 2.01. The highest BCUT2D eigenvalue weighted by molar-refractivity contribution is 5.20. The zero-order chi connectivity index (χ0) is 10.7. The van der Waals surface area contributed by atoms with Crippen LogP contribution in [0.5, 0.6) is 0 Å². The van der Waals surface area contributed by atoms with Crippen LogP contribution in [0.4, 0.5) is 0 Å². The zero-order valence-corrected chi connectivity index (χ0v) is 9.01. The first-order chi connectivity index (χ1) is 7.29. The molecule has 0 bridgehead atoms. The third kappa shape index (κ3) is 2.21. The Labute approximate surface area is 89.0 Å². The second-order valence-electron chi connectivity index (χ2n) is 3.53. The van der Waals surface area contributed by atoms with Crippen LogP contribution >= 0.6 is 0 Å². The molecule has 0 fully saturated rings. The first kappa shape index (κ1) is 9.83. The van der Waals surface area contributed by atoms with Crippen LogP contribution in [0.15, 0.2) is 24.4 Å². The first-order valence-corrected chi connectivity index (χ1v) is 5.15. The van der Waals surface area contributed by atoms with Gasteiger partial charge >= 0.3 is 0 Å². The third-order valence-corrected chi connectivity index (χ3v) is 2.17. The Bertz CT molecular complexity index is 430. The SMILES string of the molecule is CCCc1ccn(-c2ccc(C)nn2)n1. The molecule has 0 amide bonds. The first-order valence-electron chi connectivity index (χ1n) is 5.15. The average Bonchev–Trinajstić information content (AvgIpc) is 2.68. The maximum atomic E-state index is 4.41. The lowest BCUT2D eigenvalue weighted by Gasteiger charge is -1.98. The Morgan fingerprint density at radius 2 is 2.07 bits per heavy atom. The van der Waals surface area contributed by atoms with E-state index in [0.29, 0.717) is 0 Å². The van der Waals surface area contributed by atoms with Gasteiger partial charge in [-0.1, -0.05) is 13.3 Å². The maximum absolute atomic E-state index is 4.41. The summed E-state index contributed by atoms with van der Waals surface area (Å²) < 4.78 is 1.76. The Morgan fingerprint density at radius 3 is 2.73 bits per heavy atom. The van der Waals surface area contributed by atoms with E-state index in [1.165, 1.54) is 0 Å². The summed E-state index contributed by atoms with van der Waals surface area (Å²) in [5, 5.41) is 12.5. The topological polar surface area (TPSA) is 43.6 Å². The smallest absolute Gasteiger partial charge is 0.175 e. The Kier molecular flexibility index (Phi) is 2.76. The Morgan fingerprint density at radius 1 is 1.20 bits per heavy atom. The summed E-state index contributed by atoms with van der Waals surface area (Å²) in [6.07, 6.45) is 4.03. The van der Waals surface area contributed by atoms with E-state index in [1.54, 1.807) is 4.68 Å². The molecule has 0 radical (unpaired) electrons. The maximum Gasteiger partial charge on any atom is 0.175 e. The summed E-state index contributed by atoms with van der Waals surface area (Å²) in [5.74, 6) is 0.767. The molecule has 2 heterocycles. The quantitative estimate of drug-likeness (QED) is 0.763. The minimum atomic E-state index is 0.767. The van der Waals surface area contributed by atoms with Gasteiger partial charge in [0.15, 0.2) is 5.82 Å². The van der Waals surface area contributed by atoms with Crippen molar-refractivity contribution in [3.63, 3.8) is 0 Å². The molecule has 0 spiro atoms. The molecular weight excluding hydrogens is 188 g/mol.